The third kappa shape index (κ3) is 2.77. The molecule has 19 heavy (non-hydrogen) atoms. The molecule has 0 aliphatic heterocycles. The van der Waals surface area contributed by atoms with Crippen LogP contribution in [-0.4, -0.2) is 31.8 Å². The number of hydrogen-bond donors (Lipinski definition) is 1. The molecule has 0 radical (unpaired) electrons. The number of ether oxygens (including phenoxy) is 1. The van der Waals surface area contributed by atoms with Gasteiger partial charge in [-0.05, 0) is 43.9 Å². The van der Waals surface area contributed by atoms with Crippen LogP contribution < -0.4 is 10.6 Å². The van der Waals surface area contributed by atoms with Gasteiger partial charge in [0.1, 0.15) is 0 Å². The maximum atomic E-state index is 6.02. The second kappa shape index (κ2) is 5.93. The van der Waals surface area contributed by atoms with Crippen LogP contribution in [0.3, 0.4) is 0 Å². The zero-order chi connectivity index (χ0) is 13.9. The summed E-state index contributed by atoms with van der Waals surface area (Å²) in [5.41, 5.74) is 8.72. The fraction of sp³-hybridized carbons (Fsp3) is 0.625. The van der Waals surface area contributed by atoms with E-state index in [0.717, 1.165) is 25.9 Å². The summed E-state index contributed by atoms with van der Waals surface area (Å²) in [6.45, 7) is 5.71. The third-order valence-electron chi connectivity index (χ3n) is 4.44. The first-order valence-electron chi connectivity index (χ1n) is 7.29. The van der Waals surface area contributed by atoms with E-state index in [-0.39, 0.29) is 5.54 Å². The molecule has 3 heteroatoms. The molecule has 0 amide bonds. The normalized spacial score (nSPS) is 26.0. The predicted octanol–water partition coefficient (Wildman–Crippen LogP) is 2.58. The monoisotopic (exact) mass is 262 g/mol. The summed E-state index contributed by atoms with van der Waals surface area (Å²) in [7, 11) is 2.15. The van der Waals surface area contributed by atoms with Crippen LogP contribution in [-0.2, 0) is 11.2 Å². The van der Waals surface area contributed by atoms with Gasteiger partial charge in [-0.15, -0.1) is 0 Å². The summed E-state index contributed by atoms with van der Waals surface area (Å²) in [6, 6.07) is 8.80. The molecule has 3 nitrogen and oxygen atoms in total. The Bertz CT molecular complexity index is 396. The molecule has 2 rings (SSSR count). The van der Waals surface area contributed by atoms with Gasteiger partial charge in [0.25, 0.3) is 0 Å². The molecule has 1 fully saturated rings. The lowest BCUT2D eigenvalue weighted by Crippen LogP contribution is -2.63. The van der Waals surface area contributed by atoms with E-state index in [1.807, 2.05) is 0 Å². The average molecular weight is 262 g/mol. The summed E-state index contributed by atoms with van der Waals surface area (Å²) >= 11 is 0. The molecule has 0 saturated heterocycles. The molecule has 1 aliphatic carbocycles. The topological polar surface area (TPSA) is 38.5 Å². The van der Waals surface area contributed by atoms with Gasteiger partial charge >= 0.3 is 0 Å². The first-order chi connectivity index (χ1) is 9.15. The van der Waals surface area contributed by atoms with Gasteiger partial charge in [0.15, 0.2) is 0 Å². The maximum Gasteiger partial charge on any atom is 0.0620 e. The summed E-state index contributed by atoms with van der Waals surface area (Å²) in [5.74, 6) is 0. The lowest BCUT2D eigenvalue weighted by atomic mass is 9.72. The van der Waals surface area contributed by atoms with E-state index in [4.69, 9.17) is 10.5 Å². The SMILES string of the molecule is CCOC1CC(CN)(N(C)c2ccc(CC)cc2)C1. The fourth-order valence-electron chi connectivity index (χ4n) is 2.95. The second-order valence-corrected chi connectivity index (χ2v) is 5.49. The largest absolute Gasteiger partial charge is 0.378 e. The van der Waals surface area contributed by atoms with Crippen LogP contribution in [0.2, 0.25) is 0 Å². The molecular weight excluding hydrogens is 236 g/mol. The molecule has 106 valence electrons. The Balaban J connectivity index is 2.06. The van der Waals surface area contributed by atoms with Crippen molar-refractivity contribution in [3.05, 3.63) is 29.8 Å². The van der Waals surface area contributed by atoms with Gasteiger partial charge < -0.3 is 15.4 Å². The number of anilines is 1. The smallest absolute Gasteiger partial charge is 0.0620 e. The van der Waals surface area contributed by atoms with Crippen LogP contribution in [0.15, 0.2) is 24.3 Å². The average Bonchev–Trinajstić information content (AvgIpc) is 2.42. The molecule has 0 aromatic heterocycles. The molecule has 0 atom stereocenters. The van der Waals surface area contributed by atoms with E-state index in [9.17, 15) is 0 Å². The highest BCUT2D eigenvalue weighted by atomic mass is 16.5. The number of hydrogen-bond acceptors (Lipinski definition) is 3. The van der Waals surface area contributed by atoms with Crippen molar-refractivity contribution in [2.24, 2.45) is 5.73 Å². The molecule has 0 heterocycles. The first kappa shape index (κ1) is 14.4. The summed E-state index contributed by atoms with van der Waals surface area (Å²) in [4.78, 5) is 2.34. The van der Waals surface area contributed by atoms with E-state index in [1.54, 1.807) is 0 Å². The van der Waals surface area contributed by atoms with Crippen molar-refractivity contribution in [2.75, 3.05) is 25.1 Å². The van der Waals surface area contributed by atoms with Crippen LogP contribution in [0.5, 0.6) is 0 Å². The van der Waals surface area contributed by atoms with E-state index >= 15 is 0 Å². The minimum Gasteiger partial charge on any atom is -0.378 e. The molecular formula is C16H26N2O. The van der Waals surface area contributed by atoms with Crippen molar-refractivity contribution >= 4 is 5.69 Å². The molecule has 0 unspecified atom stereocenters. The van der Waals surface area contributed by atoms with Gasteiger partial charge in [0, 0.05) is 25.9 Å². The van der Waals surface area contributed by atoms with E-state index in [2.05, 4.69) is 50.1 Å². The lowest BCUT2D eigenvalue weighted by Gasteiger charge is -2.53. The van der Waals surface area contributed by atoms with Crippen molar-refractivity contribution in [1.82, 2.24) is 0 Å². The number of nitrogens with two attached hydrogens (primary N) is 1. The lowest BCUT2D eigenvalue weighted by molar-refractivity contribution is -0.0355. The number of rotatable bonds is 6. The van der Waals surface area contributed by atoms with Gasteiger partial charge in [0.2, 0.25) is 0 Å². The van der Waals surface area contributed by atoms with Crippen LogP contribution in [0.1, 0.15) is 32.3 Å². The highest BCUT2D eigenvalue weighted by Gasteiger charge is 2.46. The Labute approximate surface area is 116 Å². The maximum absolute atomic E-state index is 6.02. The van der Waals surface area contributed by atoms with Crippen molar-refractivity contribution in [3.8, 4) is 0 Å². The van der Waals surface area contributed by atoms with E-state index in [0.29, 0.717) is 12.6 Å². The quantitative estimate of drug-likeness (QED) is 0.856. The van der Waals surface area contributed by atoms with Gasteiger partial charge in [-0.1, -0.05) is 19.1 Å². The summed E-state index contributed by atoms with van der Waals surface area (Å²) < 4.78 is 5.68. The van der Waals surface area contributed by atoms with Crippen LogP contribution >= 0.6 is 0 Å². The highest BCUT2D eigenvalue weighted by Crippen LogP contribution is 2.40. The van der Waals surface area contributed by atoms with Crippen molar-refractivity contribution in [1.29, 1.82) is 0 Å². The van der Waals surface area contributed by atoms with Crippen molar-refractivity contribution < 1.29 is 4.74 Å². The van der Waals surface area contributed by atoms with Gasteiger partial charge in [0.05, 0.1) is 11.6 Å². The Hall–Kier alpha value is -1.06. The summed E-state index contributed by atoms with van der Waals surface area (Å²) in [5, 5.41) is 0. The predicted molar refractivity (Wildman–Crippen MR) is 80.7 cm³/mol. The number of likely N-dealkylation sites (N-methyl/N-ethyl adjacent to an activating group) is 1. The van der Waals surface area contributed by atoms with E-state index in [1.165, 1.54) is 11.3 Å². The van der Waals surface area contributed by atoms with Gasteiger partial charge in [-0.25, -0.2) is 0 Å². The second-order valence-electron chi connectivity index (χ2n) is 5.49. The Morgan fingerprint density at radius 1 is 1.26 bits per heavy atom. The van der Waals surface area contributed by atoms with Crippen LogP contribution in [0.25, 0.3) is 0 Å². The fourth-order valence-corrected chi connectivity index (χ4v) is 2.95. The molecule has 1 aliphatic rings. The standard InChI is InChI=1S/C16H26N2O/c1-4-13-6-8-14(9-7-13)18(3)16(12-17)10-15(11-16)19-5-2/h6-9,15H,4-5,10-12,17H2,1-3H3. The first-order valence-corrected chi connectivity index (χ1v) is 7.29. The molecule has 0 spiro atoms. The molecule has 1 aromatic rings. The Kier molecular flexibility index (Phi) is 4.48. The van der Waals surface area contributed by atoms with Crippen molar-refractivity contribution in [3.63, 3.8) is 0 Å². The number of nitrogens with zero attached hydrogens (tertiary/aromatic N) is 1. The van der Waals surface area contributed by atoms with Gasteiger partial charge in [-0.2, -0.15) is 0 Å². The Morgan fingerprint density at radius 3 is 2.37 bits per heavy atom. The minimum absolute atomic E-state index is 0.0770. The zero-order valence-corrected chi connectivity index (χ0v) is 12.4. The minimum atomic E-state index is 0.0770. The molecule has 0 bridgehead atoms. The molecule has 1 saturated carbocycles. The van der Waals surface area contributed by atoms with Crippen LogP contribution in [0, 0.1) is 0 Å². The number of aryl methyl sites for hydroxylation is 1. The molecule has 1 aromatic carbocycles. The van der Waals surface area contributed by atoms with Gasteiger partial charge in [-0.3, -0.25) is 0 Å². The Morgan fingerprint density at radius 2 is 1.89 bits per heavy atom. The zero-order valence-electron chi connectivity index (χ0n) is 12.4. The molecule has 2 N–H and O–H groups in total. The van der Waals surface area contributed by atoms with E-state index < -0.39 is 0 Å². The third-order valence-corrected chi connectivity index (χ3v) is 4.44. The van der Waals surface area contributed by atoms with Crippen LogP contribution in [0.4, 0.5) is 5.69 Å². The summed E-state index contributed by atoms with van der Waals surface area (Å²) in [6.07, 6.45) is 3.52. The van der Waals surface area contributed by atoms with Crippen molar-refractivity contribution in [2.45, 2.75) is 44.8 Å². The highest BCUT2D eigenvalue weighted by molar-refractivity contribution is 5.50. The number of benzene rings is 1.